The number of rotatable bonds is 5. The first-order valence-electron chi connectivity index (χ1n) is 7.93. The number of nitrogens with zero attached hydrogens (tertiary/aromatic N) is 1. The van der Waals surface area contributed by atoms with Crippen molar-refractivity contribution in [2.75, 3.05) is 19.7 Å². The van der Waals surface area contributed by atoms with Gasteiger partial charge in [-0.3, -0.25) is 9.69 Å². The maximum atomic E-state index is 12.9. The molecule has 0 bridgehead atoms. The maximum Gasteiger partial charge on any atom is 0.325 e. The zero-order valence-corrected chi connectivity index (χ0v) is 13.2. The molecule has 0 aromatic heterocycles. The van der Waals surface area contributed by atoms with Crippen molar-refractivity contribution >= 4 is 11.9 Å². The lowest BCUT2D eigenvalue weighted by molar-refractivity contribution is -0.137. The van der Waals surface area contributed by atoms with Crippen LogP contribution in [0.25, 0.3) is 0 Å². The molecule has 1 saturated carbocycles. The molecule has 3 N–H and O–H groups in total. The fourth-order valence-electron chi connectivity index (χ4n) is 3.75. The molecule has 120 valence electrons. The molecule has 1 heterocycles. The second kappa shape index (κ2) is 6.32. The van der Waals surface area contributed by atoms with Crippen molar-refractivity contribution in [3.05, 3.63) is 0 Å². The summed E-state index contributed by atoms with van der Waals surface area (Å²) in [6.45, 7) is 7.03. The molecule has 1 aliphatic heterocycles. The zero-order valence-electron chi connectivity index (χ0n) is 13.2. The van der Waals surface area contributed by atoms with Crippen LogP contribution < -0.4 is 11.1 Å². The molecule has 0 radical (unpaired) electrons. The highest BCUT2D eigenvalue weighted by Gasteiger charge is 2.58. The van der Waals surface area contributed by atoms with Crippen molar-refractivity contribution in [2.24, 2.45) is 17.6 Å². The minimum Gasteiger partial charge on any atom is -0.375 e. The van der Waals surface area contributed by atoms with E-state index in [9.17, 15) is 9.59 Å². The van der Waals surface area contributed by atoms with Crippen molar-refractivity contribution in [3.63, 3.8) is 0 Å². The number of nitrogens with two attached hydrogens (primary N) is 1. The first kappa shape index (κ1) is 16.2. The van der Waals surface area contributed by atoms with Crippen LogP contribution in [0, 0.1) is 11.8 Å². The summed E-state index contributed by atoms with van der Waals surface area (Å²) in [5.41, 5.74) is 4.92. The molecule has 1 saturated heterocycles. The first-order chi connectivity index (χ1) is 9.97. The third-order valence-corrected chi connectivity index (χ3v) is 5.04. The lowest BCUT2D eigenvalue weighted by Crippen LogP contribution is -2.59. The number of nitrogens with one attached hydrogen (secondary N) is 1. The van der Waals surface area contributed by atoms with Crippen molar-refractivity contribution in [2.45, 2.75) is 51.7 Å². The Labute approximate surface area is 126 Å². The summed E-state index contributed by atoms with van der Waals surface area (Å²) in [6.07, 6.45) is 2.75. The Bertz CT molecular complexity index is 403. The van der Waals surface area contributed by atoms with Gasteiger partial charge in [0.15, 0.2) is 0 Å². The number of ether oxygens (including phenoxy) is 1. The zero-order chi connectivity index (χ0) is 15.6. The van der Waals surface area contributed by atoms with Crippen molar-refractivity contribution in [3.8, 4) is 0 Å². The molecule has 0 aromatic rings. The molecule has 1 aliphatic carbocycles. The Morgan fingerprint density at radius 2 is 2.00 bits per heavy atom. The topological polar surface area (TPSA) is 84.7 Å². The Morgan fingerprint density at radius 3 is 2.52 bits per heavy atom. The molecule has 6 heteroatoms. The number of imide groups is 1. The normalized spacial score (nSPS) is 34.4. The molecular weight excluding hydrogens is 270 g/mol. The highest BCUT2D eigenvalue weighted by molar-refractivity contribution is 6.07. The fraction of sp³-hybridized carbons (Fsp3) is 0.867. The summed E-state index contributed by atoms with van der Waals surface area (Å²) in [5, 5.41) is 2.98. The lowest BCUT2D eigenvalue weighted by Gasteiger charge is -2.42. The fourth-order valence-corrected chi connectivity index (χ4v) is 3.75. The van der Waals surface area contributed by atoms with Gasteiger partial charge in [-0.25, -0.2) is 4.79 Å². The van der Waals surface area contributed by atoms with Gasteiger partial charge in [0, 0.05) is 13.2 Å². The van der Waals surface area contributed by atoms with Crippen LogP contribution in [0.4, 0.5) is 4.79 Å². The van der Waals surface area contributed by atoms with Gasteiger partial charge in [0.25, 0.3) is 5.91 Å². The highest BCUT2D eigenvalue weighted by atomic mass is 16.5. The quantitative estimate of drug-likeness (QED) is 0.744. The Kier molecular flexibility index (Phi) is 4.88. The van der Waals surface area contributed by atoms with Crippen LogP contribution in [0.15, 0.2) is 0 Å². The number of carbonyl (C=O) groups is 2. The van der Waals surface area contributed by atoms with Gasteiger partial charge in [-0.2, -0.15) is 0 Å². The van der Waals surface area contributed by atoms with Gasteiger partial charge in [-0.05, 0) is 31.6 Å². The van der Waals surface area contributed by atoms with E-state index in [0.717, 1.165) is 19.3 Å². The van der Waals surface area contributed by atoms with Crippen LogP contribution in [-0.4, -0.2) is 48.2 Å². The number of urea groups is 1. The molecule has 1 spiro atoms. The van der Waals surface area contributed by atoms with Crippen molar-refractivity contribution in [1.82, 2.24) is 10.2 Å². The van der Waals surface area contributed by atoms with Gasteiger partial charge < -0.3 is 15.8 Å². The van der Waals surface area contributed by atoms with Gasteiger partial charge >= 0.3 is 6.03 Å². The Balaban J connectivity index is 2.19. The number of hydrogen-bond acceptors (Lipinski definition) is 4. The Hall–Kier alpha value is -1.14. The predicted molar refractivity (Wildman–Crippen MR) is 79.6 cm³/mol. The summed E-state index contributed by atoms with van der Waals surface area (Å²) in [4.78, 5) is 26.5. The van der Waals surface area contributed by atoms with E-state index >= 15 is 0 Å². The van der Waals surface area contributed by atoms with Crippen molar-refractivity contribution in [1.29, 1.82) is 0 Å². The van der Waals surface area contributed by atoms with Crippen LogP contribution in [0.2, 0.25) is 0 Å². The van der Waals surface area contributed by atoms with E-state index in [4.69, 9.17) is 10.5 Å². The third kappa shape index (κ3) is 2.66. The molecule has 2 aliphatic rings. The molecule has 3 atom stereocenters. The second-order valence-electron chi connectivity index (χ2n) is 6.26. The molecule has 6 nitrogen and oxygen atoms in total. The maximum absolute atomic E-state index is 12.9. The van der Waals surface area contributed by atoms with E-state index in [0.29, 0.717) is 13.2 Å². The van der Waals surface area contributed by atoms with Crippen molar-refractivity contribution < 1.29 is 14.3 Å². The second-order valence-corrected chi connectivity index (χ2v) is 6.26. The largest absolute Gasteiger partial charge is 0.375 e. The van der Waals surface area contributed by atoms with E-state index in [-0.39, 0.29) is 36.4 Å². The minimum atomic E-state index is -0.735. The van der Waals surface area contributed by atoms with Crippen LogP contribution in [0.1, 0.15) is 40.0 Å². The average molecular weight is 297 g/mol. The molecular formula is C15H27N3O3. The first-order valence-corrected chi connectivity index (χ1v) is 7.93. The van der Waals surface area contributed by atoms with E-state index in [2.05, 4.69) is 19.2 Å². The number of carbonyl (C=O) groups excluding carboxylic acids is 2. The summed E-state index contributed by atoms with van der Waals surface area (Å²) in [5.74, 6) is 0.211. The van der Waals surface area contributed by atoms with Crippen LogP contribution >= 0.6 is 0 Å². The molecule has 3 amide bonds. The monoisotopic (exact) mass is 297 g/mol. The van der Waals surface area contributed by atoms with Gasteiger partial charge in [-0.15, -0.1) is 0 Å². The Morgan fingerprint density at radius 1 is 1.38 bits per heavy atom. The van der Waals surface area contributed by atoms with Gasteiger partial charge in [0.05, 0.1) is 12.6 Å². The van der Waals surface area contributed by atoms with Gasteiger partial charge in [-0.1, -0.05) is 20.3 Å². The molecule has 2 rings (SSSR count). The summed E-state index contributed by atoms with van der Waals surface area (Å²) in [6, 6.07) is -0.307. The molecule has 0 aromatic carbocycles. The summed E-state index contributed by atoms with van der Waals surface area (Å²) in [7, 11) is 0. The van der Waals surface area contributed by atoms with E-state index in [1.165, 1.54) is 4.90 Å². The van der Waals surface area contributed by atoms with Crippen LogP contribution in [-0.2, 0) is 9.53 Å². The summed E-state index contributed by atoms with van der Waals surface area (Å²) < 4.78 is 5.48. The highest BCUT2D eigenvalue weighted by Crippen LogP contribution is 2.42. The average Bonchev–Trinajstić information content (AvgIpc) is 2.70. The third-order valence-electron chi connectivity index (χ3n) is 5.04. The molecule has 3 unspecified atom stereocenters. The minimum absolute atomic E-state index is 0.106. The van der Waals surface area contributed by atoms with Crippen LogP contribution in [0.3, 0.4) is 0 Å². The van der Waals surface area contributed by atoms with E-state index < -0.39 is 5.54 Å². The smallest absolute Gasteiger partial charge is 0.325 e. The molecule has 2 fully saturated rings. The predicted octanol–water partition coefficient (Wildman–Crippen LogP) is 1.10. The SMILES string of the molecule is CCOC(CN)CN1C(=O)NC2(C1=O)C(C)CCCC2C. The van der Waals surface area contributed by atoms with E-state index in [1.807, 2.05) is 6.92 Å². The lowest BCUT2D eigenvalue weighted by atomic mass is 9.67. The number of hydrogen-bond donors (Lipinski definition) is 2. The van der Waals surface area contributed by atoms with Gasteiger partial charge in [0.1, 0.15) is 5.54 Å². The van der Waals surface area contributed by atoms with E-state index in [1.54, 1.807) is 0 Å². The standard InChI is InChI=1S/C15H27N3O3/c1-4-21-12(8-16)9-18-13(19)15(17-14(18)20)10(2)6-5-7-11(15)3/h10-12H,4-9,16H2,1-3H3,(H,17,20). The number of amides is 3. The van der Waals surface area contributed by atoms with Crippen LogP contribution in [0.5, 0.6) is 0 Å². The molecule has 21 heavy (non-hydrogen) atoms. The van der Waals surface area contributed by atoms with Gasteiger partial charge in [0.2, 0.25) is 0 Å². The summed E-state index contributed by atoms with van der Waals surface area (Å²) >= 11 is 0.